The van der Waals surface area contributed by atoms with Crippen molar-refractivity contribution < 1.29 is 13.2 Å². The minimum absolute atomic E-state index is 0.180. The van der Waals surface area contributed by atoms with Crippen molar-refractivity contribution in [2.24, 2.45) is 0 Å². The van der Waals surface area contributed by atoms with Gasteiger partial charge in [-0.15, -0.1) is 0 Å². The lowest BCUT2D eigenvalue weighted by Crippen LogP contribution is -2.21. The minimum Gasteiger partial charge on any atom is -0.397 e. The molecule has 1 heterocycles. The first-order valence-corrected chi connectivity index (χ1v) is 7.18. The van der Waals surface area contributed by atoms with Gasteiger partial charge in [-0.1, -0.05) is 0 Å². The molecule has 0 saturated carbocycles. The van der Waals surface area contributed by atoms with E-state index in [9.17, 15) is 8.42 Å². The summed E-state index contributed by atoms with van der Waals surface area (Å²) in [7, 11) is -2.07. The third kappa shape index (κ3) is 2.74. The number of anilines is 2. The number of nitrogens with two attached hydrogens (primary N) is 1. The monoisotopic (exact) mass is 271 g/mol. The van der Waals surface area contributed by atoms with Gasteiger partial charge < -0.3 is 15.8 Å². The van der Waals surface area contributed by atoms with Gasteiger partial charge >= 0.3 is 0 Å². The fourth-order valence-electron chi connectivity index (χ4n) is 1.81. The number of nitrogen functional groups attached to an aromatic ring is 1. The first kappa shape index (κ1) is 13.1. The Labute approximate surface area is 107 Å². The summed E-state index contributed by atoms with van der Waals surface area (Å²) in [6, 6.07) is 4.79. The van der Waals surface area contributed by atoms with Gasteiger partial charge in [0, 0.05) is 6.61 Å². The van der Waals surface area contributed by atoms with Gasteiger partial charge in [-0.3, -0.25) is 0 Å². The van der Waals surface area contributed by atoms with Gasteiger partial charge in [-0.2, -0.15) is 0 Å². The Morgan fingerprint density at radius 3 is 2.83 bits per heavy atom. The van der Waals surface area contributed by atoms with E-state index in [2.05, 4.69) is 10.0 Å². The SMILES string of the molecule is CNS(=O)(=O)c1ccc(N)c(NC2CCOC2)c1. The maximum Gasteiger partial charge on any atom is 0.240 e. The van der Waals surface area contributed by atoms with Gasteiger partial charge in [0.15, 0.2) is 0 Å². The van der Waals surface area contributed by atoms with E-state index in [0.717, 1.165) is 6.42 Å². The zero-order valence-corrected chi connectivity index (χ0v) is 11.0. The average Bonchev–Trinajstić information content (AvgIpc) is 2.84. The van der Waals surface area contributed by atoms with E-state index in [1.54, 1.807) is 12.1 Å². The quantitative estimate of drug-likeness (QED) is 0.688. The molecule has 100 valence electrons. The van der Waals surface area contributed by atoms with Crippen molar-refractivity contribution in [3.63, 3.8) is 0 Å². The molecule has 0 aliphatic carbocycles. The van der Waals surface area contributed by atoms with Crippen LogP contribution in [0.15, 0.2) is 23.1 Å². The van der Waals surface area contributed by atoms with E-state index in [-0.39, 0.29) is 10.9 Å². The van der Waals surface area contributed by atoms with Crippen LogP contribution in [0.5, 0.6) is 0 Å². The molecule has 0 bridgehead atoms. The van der Waals surface area contributed by atoms with Gasteiger partial charge in [0.05, 0.1) is 28.9 Å². The molecule has 18 heavy (non-hydrogen) atoms. The lowest BCUT2D eigenvalue weighted by atomic mass is 10.2. The topological polar surface area (TPSA) is 93.5 Å². The fraction of sp³-hybridized carbons (Fsp3) is 0.455. The Hall–Kier alpha value is -1.31. The third-order valence-corrected chi connectivity index (χ3v) is 4.31. The molecule has 4 N–H and O–H groups in total. The maximum atomic E-state index is 11.7. The molecule has 0 spiro atoms. The zero-order chi connectivity index (χ0) is 13.2. The van der Waals surface area contributed by atoms with Crippen molar-refractivity contribution in [1.82, 2.24) is 4.72 Å². The van der Waals surface area contributed by atoms with E-state index >= 15 is 0 Å². The molecule has 1 saturated heterocycles. The van der Waals surface area contributed by atoms with Crippen LogP contribution in [-0.4, -0.2) is 34.7 Å². The highest BCUT2D eigenvalue weighted by atomic mass is 32.2. The number of hydrogen-bond acceptors (Lipinski definition) is 5. The van der Waals surface area contributed by atoms with Crippen LogP contribution in [0.2, 0.25) is 0 Å². The van der Waals surface area contributed by atoms with E-state index in [1.165, 1.54) is 13.1 Å². The largest absolute Gasteiger partial charge is 0.397 e. The molecular weight excluding hydrogens is 254 g/mol. The van der Waals surface area contributed by atoms with Crippen molar-refractivity contribution in [2.75, 3.05) is 31.3 Å². The molecule has 1 aliphatic heterocycles. The molecule has 0 aromatic heterocycles. The lowest BCUT2D eigenvalue weighted by molar-refractivity contribution is 0.195. The normalized spacial score (nSPS) is 19.9. The van der Waals surface area contributed by atoms with Crippen LogP contribution in [0.1, 0.15) is 6.42 Å². The van der Waals surface area contributed by atoms with Crippen molar-refractivity contribution in [1.29, 1.82) is 0 Å². The number of nitrogens with one attached hydrogen (secondary N) is 2. The smallest absolute Gasteiger partial charge is 0.240 e. The average molecular weight is 271 g/mol. The number of sulfonamides is 1. The van der Waals surface area contributed by atoms with Crippen LogP contribution in [0.4, 0.5) is 11.4 Å². The first-order chi connectivity index (χ1) is 8.53. The second-order valence-electron chi connectivity index (χ2n) is 4.16. The summed E-state index contributed by atoms with van der Waals surface area (Å²) in [6.07, 6.45) is 0.891. The van der Waals surface area contributed by atoms with Gasteiger partial charge in [0.1, 0.15) is 0 Å². The van der Waals surface area contributed by atoms with E-state index in [1.807, 2.05) is 0 Å². The summed E-state index contributed by atoms with van der Waals surface area (Å²) in [5.74, 6) is 0. The zero-order valence-electron chi connectivity index (χ0n) is 10.1. The standard InChI is InChI=1S/C11H17N3O3S/c1-13-18(15,16)9-2-3-10(12)11(6-9)14-8-4-5-17-7-8/h2-3,6,8,13-14H,4-5,7,12H2,1H3. The Kier molecular flexibility index (Phi) is 3.74. The molecule has 6 nitrogen and oxygen atoms in total. The summed E-state index contributed by atoms with van der Waals surface area (Å²) >= 11 is 0. The highest BCUT2D eigenvalue weighted by Gasteiger charge is 2.18. The molecule has 1 fully saturated rings. The summed E-state index contributed by atoms with van der Waals surface area (Å²) in [4.78, 5) is 0.195. The number of hydrogen-bond donors (Lipinski definition) is 3. The van der Waals surface area contributed by atoms with Crippen LogP contribution in [-0.2, 0) is 14.8 Å². The molecule has 1 aliphatic rings. The van der Waals surface area contributed by atoms with Gasteiger partial charge in [-0.05, 0) is 31.7 Å². The summed E-state index contributed by atoms with van der Waals surface area (Å²) in [6.45, 7) is 1.33. The highest BCUT2D eigenvalue weighted by molar-refractivity contribution is 7.89. The van der Waals surface area contributed by atoms with Crippen molar-refractivity contribution >= 4 is 21.4 Å². The minimum atomic E-state index is -3.45. The first-order valence-electron chi connectivity index (χ1n) is 5.70. The summed E-state index contributed by atoms with van der Waals surface area (Å²) in [5.41, 5.74) is 6.99. The fourth-order valence-corrected chi connectivity index (χ4v) is 2.57. The number of ether oxygens (including phenoxy) is 1. The molecule has 0 amide bonds. The molecule has 1 aromatic rings. The molecule has 7 heteroatoms. The number of rotatable bonds is 4. The van der Waals surface area contributed by atoms with Crippen molar-refractivity contribution in [3.05, 3.63) is 18.2 Å². The predicted octanol–water partition coefficient (Wildman–Crippen LogP) is 0.378. The van der Waals surface area contributed by atoms with Gasteiger partial charge in [0.25, 0.3) is 0 Å². The second-order valence-corrected chi connectivity index (χ2v) is 6.05. The molecule has 1 atom stereocenters. The Morgan fingerprint density at radius 1 is 1.44 bits per heavy atom. The maximum absolute atomic E-state index is 11.7. The highest BCUT2D eigenvalue weighted by Crippen LogP contribution is 2.24. The van der Waals surface area contributed by atoms with Crippen LogP contribution >= 0.6 is 0 Å². The molecule has 2 rings (SSSR count). The lowest BCUT2D eigenvalue weighted by Gasteiger charge is -2.15. The van der Waals surface area contributed by atoms with Gasteiger partial charge in [-0.25, -0.2) is 13.1 Å². The van der Waals surface area contributed by atoms with Crippen LogP contribution < -0.4 is 15.8 Å². The number of benzene rings is 1. The molecule has 0 radical (unpaired) electrons. The molecule has 1 unspecified atom stereocenters. The van der Waals surface area contributed by atoms with E-state index in [0.29, 0.717) is 24.6 Å². The molecular formula is C11H17N3O3S. The van der Waals surface area contributed by atoms with Crippen LogP contribution in [0, 0.1) is 0 Å². The van der Waals surface area contributed by atoms with Crippen molar-refractivity contribution in [3.8, 4) is 0 Å². The predicted molar refractivity (Wildman–Crippen MR) is 69.9 cm³/mol. The van der Waals surface area contributed by atoms with Crippen LogP contribution in [0.3, 0.4) is 0 Å². The second kappa shape index (κ2) is 5.13. The van der Waals surface area contributed by atoms with Gasteiger partial charge in [0.2, 0.25) is 10.0 Å². The summed E-state index contributed by atoms with van der Waals surface area (Å²) < 4.78 is 30.9. The Balaban J connectivity index is 2.26. The Bertz CT molecular complexity index is 524. The summed E-state index contributed by atoms with van der Waals surface area (Å²) in [5, 5.41) is 3.20. The molecule has 1 aromatic carbocycles. The third-order valence-electron chi connectivity index (χ3n) is 2.89. The Morgan fingerprint density at radius 2 is 2.22 bits per heavy atom. The van der Waals surface area contributed by atoms with Crippen LogP contribution in [0.25, 0.3) is 0 Å². The van der Waals surface area contributed by atoms with Crippen molar-refractivity contribution in [2.45, 2.75) is 17.4 Å². The van der Waals surface area contributed by atoms with E-state index in [4.69, 9.17) is 10.5 Å². The van der Waals surface area contributed by atoms with E-state index < -0.39 is 10.0 Å².